The van der Waals surface area contributed by atoms with Crippen LogP contribution >= 0.6 is 0 Å². The molecule has 6 nitrogen and oxygen atoms in total. The van der Waals surface area contributed by atoms with Gasteiger partial charge >= 0.3 is 5.97 Å². The number of carboxylic acids is 1. The number of aromatic nitrogens is 2. The highest BCUT2D eigenvalue weighted by Gasteiger charge is 2.33. The summed E-state index contributed by atoms with van der Waals surface area (Å²) in [6.45, 7) is 5.78. The summed E-state index contributed by atoms with van der Waals surface area (Å²) < 4.78 is 1.92. The molecule has 1 aromatic heterocycles. The first-order valence-electron chi connectivity index (χ1n) is 8.26. The van der Waals surface area contributed by atoms with E-state index in [0.29, 0.717) is 18.8 Å². The number of aryl methyl sites for hydroxylation is 2. The van der Waals surface area contributed by atoms with Gasteiger partial charge in [0.25, 0.3) is 0 Å². The van der Waals surface area contributed by atoms with Crippen molar-refractivity contribution in [2.24, 2.45) is 0 Å². The Morgan fingerprint density at radius 3 is 2.83 bits per heavy atom. The molecule has 0 saturated heterocycles. The van der Waals surface area contributed by atoms with Gasteiger partial charge in [0.1, 0.15) is 6.04 Å². The van der Waals surface area contributed by atoms with Crippen LogP contribution in [-0.4, -0.2) is 37.4 Å². The lowest BCUT2D eigenvalue weighted by atomic mass is 9.98. The lowest BCUT2D eigenvalue weighted by Crippen LogP contribution is -2.38. The van der Waals surface area contributed by atoms with Gasteiger partial charge in [-0.1, -0.05) is 29.8 Å². The molecule has 0 amide bonds. The summed E-state index contributed by atoms with van der Waals surface area (Å²) in [7, 11) is 0. The predicted molar refractivity (Wildman–Crippen MR) is 89.5 cm³/mol. The molecule has 1 unspecified atom stereocenters. The number of aliphatic hydroxyl groups is 1. The van der Waals surface area contributed by atoms with Crippen LogP contribution in [0.2, 0.25) is 0 Å². The van der Waals surface area contributed by atoms with Crippen molar-refractivity contribution in [3.05, 3.63) is 52.3 Å². The van der Waals surface area contributed by atoms with Crippen LogP contribution in [0.4, 0.5) is 0 Å². The van der Waals surface area contributed by atoms with Gasteiger partial charge in [-0.15, -0.1) is 0 Å². The molecule has 0 spiro atoms. The summed E-state index contributed by atoms with van der Waals surface area (Å²) in [6.07, 6.45) is 0.742. The molecule has 128 valence electrons. The SMILES string of the molecule is CCn1nc(CO)c2c1CCN(C(C(=O)O)c1cccc(C)c1)C2. The lowest BCUT2D eigenvalue weighted by molar-refractivity contribution is -0.144. The molecule has 24 heavy (non-hydrogen) atoms. The van der Waals surface area contributed by atoms with Crippen molar-refractivity contribution in [1.82, 2.24) is 14.7 Å². The van der Waals surface area contributed by atoms with Crippen LogP contribution in [0.1, 0.15) is 41.0 Å². The number of hydrogen-bond acceptors (Lipinski definition) is 4. The maximum atomic E-state index is 11.9. The minimum absolute atomic E-state index is 0.120. The standard InChI is InChI=1S/C18H23N3O3/c1-3-21-16-7-8-20(10-14(16)15(11-22)19-21)17(18(23)24)13-6-4-5-12(2)9-13/h4-6,9,17,22H,3,7-8,10-11H2,1-2H3,(H,23,24). The van der Waals surface area contributed by atoms with E-state index in [0.717, 1.165) is 35.3 Å². The molecule has 6 heteroatoms. The monoisotopic (exact) mass is 329 g/mol. The summed E-state index contributed by atoms with van der Waals surface area (Å²) in [5.41, 5.74) is 4.59. The van der Waals surface area contributed by atoms with Crippen LogP contribution in [0.3, 0.4) is 0 Å². The first kappa shape index (κ1) is 16.7. The number of aliphatic carboxylic acids is 1. The quantitative estimate of drug-likeness (QED) is 0.876. The molecule has 1 aliphatic rings. The number of aliphatic hydroxyl groups excluding tert-OH is 1. The summed E-state index contributed by atoms with van der Waals surface area (Å²) >= 11 is 0. The highest BCUT2D eigenvalue weighted by Crippen LogP contribution is 2.30. The molecule has 0 fully saturated rings. The summed E-state index contributed by atoms with van der Waals surface area (Å²) in [6, 6.07) is 6.96. The molecule has 2 N–H and O–H groups in total. The van der Waals surface area contributed by atoms with E-state index >= 15 is 0 Å². The smallest absolute Gasteiger partial charge is 0.325 e. The third-order valence-electron chi connectivity index (χ3n) is 4.65. The maximum absolute atomic E-state index is 11.9. The first-order chi connectivity index (χ1) is 11.5. The summed E-state index contributed by atoms with van der Waals surface area (Å²) in [4.78, 5) is 13.9. The van der Waals surface area contributed by atoms with E-state index in [1.165, 1.54) is 0 Å². The largest absolute Gasteiger partial charge is 0.480 e. The lowest BCUT2D eigenvalue weighted by Gasteiger charge is -2.33. The topological polar surface area (TPSA) is 78.6 Å². The predicted octanol–water partition coefficient (Wildman–Crippen LogP) is 1.89. The molecule has 3 rings (SSSR count). The fourth-order valence-corrected chi connectivity index (χ4v) is 3.54. The van der Waals surface area contributed by atoms with Crippen molar-refractivity contribution >= 4 is 5.97 Å². The fraction of sp³-hybridized carbons (Fsp3) is 0.444. The van der Waals surface area contributed by atoms with E-state index in [9.17, 15) is 15.0 Å². The Kier molecular flexibility index (Phi) is 4.69. The van der Waals surface area contributed by atoms with Crippen LogP contribution in [-0.2, 0) is 30.9 Å². The number of nitrogens with zero attached hydrogens (tertiary/aromatic N) is 3. The number of hydrogen-bond donors (Lipinski definition) is 2. The molecule has 0 saturated carbocycles. The van der Waals surface area contributed by atoms with Crippen molar-refractivity contribution in [2.75, 3.05) is 6.54 Å². The molecule has 1 aliphatic heterocycles. The Morgan fingerprint density at radius 1 is 1.42 bits per heavy atom. The van der Waals surface area contributed by atoms with Gasteiger partial charge in [-0.3, -0.25) is 14.4 Å². The Morgan fingerprint density at radius 2 is 2.21 bits per heavy atom. The van der Waals surface area contributed by atoms with Crippen molar-refractivity contribution < 1.29 is 15.0 Å². The molecular formula is C18H23N3O3. The minimum Gasteiger partial charge on any atom is -0.480 e. The highest BCUT2D eigenvalue weighted by atomic mass is 16.4. The van der Waals surface area contributed by atoms with Gasteiger partial charge in [0.05, 0.1) is 12.3 Å². The van der Waals surface area contributed by atoms with Gasteiger partial charge in [-0.2, -0.15) is 5.10 Å². The summed E-state index contributed by atoms with van der Waals surface area (Å²) in [5.74, 6) is -0.850. The maximum Gasteiger partial charge on any atom is 0.325 e. The number of carbonyl (C=O) groups is 1. The zero-order valence-electron chi connectivity index (χ0n) is 14.1. The Labute approximate surface area is 141 Å². The van der Waals surface area contributed by atoms with Crippen molar-refractivity contribution in [3.8, 4) is 0 Å². The zero-order valence-corrected chi connectivity index (χ0v) is 14.1. The third-order valence-corrected chi connectivity index (χ3v) is 4.65. The van der Waals surface area contributed by atoms with E-state index in [2.05, 4.69) is 5.10 Å². The van der Waals surface area contributed by atoms with E-state index in [1.54, 1.807) is 0 Å². The van der Waals surface area contributed by atoms with Crippen LogP contribution in [0.25, 0.3) is 0 Å². The number of rotatable bonds is 5. The number of fused-ring (bicyclic) bond motifs is 1. The van der Waals surface area contributed by atoms with Crippen molar-refractivity contribution in [1.29, 1.82) is 0 Å². The normalized spacial score (nSPS) is 16.0. The van der Waals surface area contributed by atoms with Gasteiger partial charge in [0, 0.05) is 37.3 Å². The molecule has 1 atom stereocenters. The second-order valence-corrected chi connectivity index (χ2v) is 6.22. The van der Waals surface area contributed by atoms with Gasteiger partial charge in [0.2, 0.25) is 0 Å². The van der Waals surface area contributed by atoms with E-state index in [-0.39, 0.29) is 6.61 Å². The van der Waals surface area contributed by atoms with Gasteiger partial charge in [0.15, 0.2) is 0 Å². The second-order valence-electron chi connectivity index (χ2n) is 6.22. The number of carboxylic acid groups (broad SMARTS) is 1. The van der Waals surface area contributed by atoms with Gasteiger partial charge in [-0.05, 0) is 19.4 Å². The Bertz CT molecular complexity index is 754. The fourth-order valence-electron chi connectivity index (χ4n) is 3.54. The van der Waals surface area contributed by atoms with Crippen LogP contribution in [0, 0.1) is 6.92 Å². The van der Waals surface area contributed by atoms with E-state index < -0.39 is 12.0 Å². The van der Waals surface area contributed by atoms with E-state index in [1.807, 2.05) is 47.7 Å². The number of benzene rings is 1. The van der Waals surface area contributed by atoms with Crippen molar-refractivity contribution in [3.63, 3.8) is 0 Å². The first-order valence-corrected chi connectivity index (χ1v) is 8.26. The molecule has 2 heterocycles. The van der Waals surface area contributed by atoms with Gasteiger partial charge < -0.3 is 10.2 Å². The molecule has 2 aromatic rings. The van der Waals surface area contributed by atoms with Crippen molar-refractivity contribution in [2.45, 2.75) is 46.0 Å². The van der Waals surface area contributed by atoms with Crippen LogP contribution in [0.5, 0.6) is 0 Å². The van der Waals surface area contributed by atoms with Crippen LogP contribution < -0.4 is 0 Å². The molecule has 0 aliphatic carbocycles. The zero-order chi connectivity index (χ0) is 17.3. The summed E-state index contributed by atoms with van der Waals surface area (Å²) in [5, 5.41) is 23.8. The molecule has 0 radical (unpaired) electrons. The Balaban J connectivity index is 1.95. The minimum atomic E-state index is -0.850. The molecular weight excluding hydrogens is 306 g/mol. The van der Waals surface area contributed by atoms with Gasteiger partial charge in [-0.25, -0.2) is 0 Å². The Hall–Kier alpha value is -2.18. The highest BCUT2D eigenvalue weighted by molar-refractivity contribution is 5.75. The average molecular weight is 329 g/mol. The molecule has 0 bridgehead atoms. The third kappa shape index (κ3) is 2.95. The second kappa shape index (κ2) is 6.75. The average Bonchev–Trinajstić information content (AvgIpc) is 2.92. The van der Waals surface area contributed by atoms with Crippen LogP contribution in [0.15, 0.2) is 24.3 Å². The van der Waals surface area contributed by atoms with E-state index in [4.69, 9.17) is 0 Å². The molecule has 1 aromatic carbocycles.